The fourth-order valence-electron chi connectivity index (χ4n) is 2.49. The molecule has 0 bridgehead atoms. The monoisotopic (exact) mass is 329 g/mol. The van der Waals surface area contributed by atoms with Gasteiger partial charge in [0.15, 0.2) is 0 Å². The van der Waals surface area contributed by atoms with Crippen LogP contribution in [0.4, 0.5) is 0 Å². The molecular weight excluding hydrogens is 310 g/mol. The molecule has 0 amide bonds. The molecule has 1 unspecified atom stereocenters. The normalized spacial score (nSPS) is 18.5. The first-order chi connectivity index (χ1) is 9.45. The predicted molar refractivity (Wildman–Crippen MR) is 83.5 cm³/mol. The Kier molecular flexibility index (Phi) is 6.17. The molecule has 0 aliphatic carbocycles. The maximum atomic E-state index is 12.5. The van der Waals surface area contributed by atoms with Crippen molar-refractivity contribution in [2.45, 2.75) is 30.7 Å². The zero-order valence-electron chi connectivity index (χ0n) is 11.9. The lowest BCUT2D eigenvalue weighted by Gasteiger charge is -2.32. The summed E-state index contributed by atoms with van der Waals surface area (Å²) in [7, 11) is -3.45. The second-order valence-electron chi connectivity index (χ2n) is 5.24. The lowest BCUT2D eigenvalue weighted by atomic mass is 9.92. The molecule has 0 spiro atoms. The molecule has 0 saturated carbocycles. The molecule has 21 heavy (non-hydrogen) atoms. The maximum Gasteiger partial charge on any atom is 0.243 e. The summed E-state index contributed by atoms with van der Waals surface area (Å²) in [5.74, 6) is 0.391. The van der Waals surface area contributed by atoms with Crippen molar-refractivity contribution in [3.05, 3.63) is 29.8 Å². The summed E-state index contributed by atoms with van der Waals surface area (Å²) in [6.07, 6.45) is 1.60. The zero-order chi connectivity index (χ0) is 14.8. The van der Waals surface area contributed by atoms with Crippen molar-refractivity contribution in [2.24, 2.45) is 11.7 Å². The molecule has 5 nitrogen and oxygen atoms in total. The number of nitriles is 1. The van der Waals surface area contributed by atoms with Gasteiger partial charge in [-0.3, -0.25) is 0 Å². The van der Waals surface area contributed by atoms with Gasteiger partial charge in [0.1, 0.15) is 0 Å². The van der Waals surface area contributed by atoms with Crippen LogP contribution in [-0.4, -0.2) is 31.9 Å². The second kappa shape index (κ2) is 7.23. The molecule has 1 aromatic rings. The minimum Gasteiger partial charge on any atom is -0.328 e. The average Bonchev–Trinajstić information content (AvgIpc) is 2.47. The standard InChI is InChI=1S/C14H19N3O2S.ClH/c1-11(16)13-6-8-17(9-7-13)20(18,19)14-4-2-12(10-15)3-5-14;/h2-5,11,13H,6-9,16H2,1H3;1H. The zero-order valence-corrected chi connectivity index (χ0v) is 13.5. The van der Waals surface area contributed by atoms with Gasteiger partial charge in [-0.15, -0.1) is 12.4 Å². The highest BCUT2D eigenvalue weighted by atomic mass is 35.5. The lowest BCUT2D eigenvalue weighted by Crippen LogP contribution is -2.42. The number of nitrogens with two attached hydrogens (primary N) is 1. The van der Waals surface area contributed by atoms with Crippen molar-refractivity contribution in [1.82, 2.24) is 4.31 Å². The van der Waals surface area contributed by atoms with Crippen molar-refractivity contribution in [3.8, 4) is 6.07 Å². The molecule has 1 heterocycles. The number of rotatable bonds is 3. The van der Waals surface area contributed by atoms with Gasteiger partial charge in [0.2, 0.25) is 10.0 Å². The van der Waals surface area contributed by atoms with Crippen molar-refractivity contribution >= 4 is 22.4 Å². The Bertz CT molecular complexity index is 600. The van der Waals surface area contributed by atoms with Crippen LogP contribution < -0.4 is 5.73 Å². The number of piperidine rings is 1. The van der Waals surface area contributed by atoms with Gasteiger partial charge >= 0.3 is 0 Å². The Balaban J connectivity index is 0.00000220. The van der Waals surface area contributed by atoms with Crippen molar-refractivity contribution in [3.63, 3.8) is 0 Å². The minimum atomic E-state index is -3.45. The summed E-state index contributed by atoms with van der Waals surface area (Å²) in [6, 6.07) is 8.13. The summed E-state index contributed by atoms with van der Waals surface area (Å²) >= 11 is 0. The average molecular weight is 330 g/mol. The van der Waals surface area contributed by atoms with Crippen LogP contribution in [0.5, 0.6) is 0 Å². The Labute approximate surface area is 132 Å². The predicted octanol–water partition coefficient (Wildman–Crippen LogP) is 1.73. The highest BCUT2D eigenvalue weighted by Gasteiger charge is 2.30. The first kappa shape index (κ1) is 17.9. The Morgan fingerprint density at radius 2 is 1.81 bits per heavy atom. The third kappa shape index (κ3) is 3.95. The highest BCUT2D eigenvalue weighted by Crippen LogP contribution is 2.25. The second-order valence-corrected chi connectivity index (χ2v) is 7.17. The molecule has 1 aliphatic rings. The van der Waals surface area contributed by atoms with E-state index in [1.807, 2.05) is 13.0 Å². The van der Waals surface area contributed by atoms with E-state index >= 15 is 0 Å². The third-order valence-electron chi connectivity index (χ3n) is 3.86. The third-order valence-corrected chi connectivity index (χ3v) is 5.78. The van der Waals surface area contributed by atoms with Crippen LogP contribution in [0.15, 0.2) is 29.2 Å². The molecule has 1 aliphatic heterocycles. The van der Waals surface area contributed by atoms with Crippen LogP contribution in [0.2, 0.25) is 0 Å². The summed E-state index contributed by atoms with van der Waals surface area (Å²) in [5, 5.41) is 8.74. The number of benzene rings is 1. The molecule has 0 aromatic heterocycles. The molecule has 7 heteroatoms. The largest absolute Gasteiger partial charge is 0.328 e. The van der Waals surface area contributed by atoms with Crippen molar-refractivity contribution in [2.75, 3.05) is 13.1 Å². The quantitative estimate of drug-likeness (QED) is 0.914. The smallest absolute Gasteiger partial charge is 0.243 e. The Morgan fingerprint density at radius 3 is 2.24 bits per heavy atom. The SMILES string of the molecule is CC(N)C1CCN(S(=O)(=O)c2ccc(C#N)cc2)CC1.Cl. The highest BCUT2D eigenvalue weighted by molar-refractivity contribution is 7.89. The van der Waals surface area contributed by atoms with Crippen LogP contribution in [0.3, 0.4) is 0 Å². The number of sulfonamides is 1. The van der Waals surface area contributed by atoms with Crippen LogP contribution in [0.1, 0.15) is 25.3 Å². The summed E-state index contributed by atoms with van der Waals surface area (Å²) in [6.45, 7) is 2.98. The Hall–Kier alpha value is -1.13. The van der Waals surface area contributed by atoms with E-state index in [0.29, 0.717) is 24.6 Å². The van der Waals surface area contributed by atoms with E-state index in [1.165, 1.54) is 28.6 Å². The molecule has 2 rings (SSSR count). The summed E-state index contributed by atoms with van der Waals surface area (Å²) in [5.41, 5.74) is 6.32. The molecule has 2 N–H and O–H groups in total. The molecule has 1 fully saturated rings. The molecule has 1 saturated heterocycles. The van der Waals surface area contributed by atoms with Crippen molar-refractivity contribution in [1.29, 1.82) is 5.26 Å². The van der Waals surface area contributed by atoms with Gasteiger partial charge in [0, 0.05) is 19.1 Å². The van der Waals surface area contributed by atoms with E-state index in [9.17, 15) is 8.42 Å². The van der Waals surface area contributed by atoms with Gasteiger partial charge in [0.25, 0.3) is 0 Å². The van der Waals surface area contributed by atoms with Gasteiger partial charge in [-0.05, 0) is 49.9 Å². The van der Waals surface area contributed by atoms with Gasteiger partial charge in [-0.1, -0.05) is 0 Å². The summed E-state index contributed by atoms with van der Waals surface area (Å²) < 4.78 is 26.5. The van der Waals surface area contributed by atoms with E-state index in [4.69, 9.17) is 11.0 Å². The number of hydrogen-bond acceptors (Lipinski definition) is 4. The van der Waals surface area contributed by atoms with E-state index in [-0.39, 0.29) is 23.3 Å². The van der Waals surface area contributed by atoms with Gasteiger partial charge in [-0.25, -0.2) is 8.42 Å². The Morgan fingerprint density at radius 1 is 1.29 bits per heavy atom. The number of halogens is 1. The van der Waals surface area contributed by atoms with Crippen molar-refractivity contribution < 1.29 is 8.42 Å². The fraction of sp³-hybridized carbons (Fsp3) is 0.500. The summed E-state index contributed by atoms with van der Waals surface area (Å²) in [4.78, 5) is 0.246. The van der Waals surface area contributed by atoms with E-state index in [0.717, 1.165) is 12.8 Å². The van der Waals surface area contributed by atoms with Crippen LogP contribution in [0, 0.1) is 17.2 Å². The topological polar surface area (TPSA) is 87.2 Å². The van der Waals surface area contributed by atoms with E-state index < -0.39 is 10.0 Å². The molecule has 1 atom stereocenters. The van der Waals surface area contributed by atoms with E-state index in [2.05, 4.69) is 0 Å². The lowest BCUT2D eigenvalue weighted by molar-refractivity contribution is 0.250. The molecule has 116 valence electrons. The number of nitrogens with zero attached hydrogens (tertiary/aromatic N) is 2. The van der Waals surface area contributed by atoms with E-state index in [1.54, 1.807) is 0 Å². The molecular formula is C14H20ClN3O2S. The van der Waals surface area contributed by atoms with Crippen LogP contribution >= 0.6 is 12.4 Å². The molecule has 0 radical (unpaired) electrons. The fourth-order valence-corrected chi connectivity index (χ4v) is 3.96. The first-order valence-electron chi connectivity index (χ1n) is 6.71. The van der Waals surface area contributed by atoms with Gasteiger partial charge in [-0.2, -0.15) is 9.57 Å². The van der Waals surface area contributed by atoms with Crippen LogP contribution in [-0.2, 0) is 10.0 Å². The maximum absolute atomic E-state index is 12.5. The molecule has 1 aromatic carbocycles. The minimum absolute atomic E-state index is 0. The van der Waals surface area contributed by atoms with Gasteiger partial charge < -0.3 is 5.73 Å². The van der Waals surface area contributed by atoms with Crippen LogP contribution in [0.25, 0.3) is 0 Å². The first-order valence-corrected chi connectivity index (χ1v) is 8.15. The van der Waals surface area contributed by atoms with Gasteiger partial charge in [0.05, 0.1) is 16.5 Å². The number of hydrogen-bond donors (Lipinski definition) is 1.